The number of nitro benzene ring substituents is 2. The van der Waals surface area contributed by atoms with Crippen LogP contribution in [0.3, 0.4) is 0 Å². The van der Waals surface area contributed by atoms with Gasteiger partial charge in [0, 0.05) is 37.4 Å². The van der Waals surface area contributed by atoms with Crippen LogP contribution in [-0.4, -0.2) is 29.7 Å². The molecule has 9 heteroatoms. The normalized spacial score (nSPS) is 10.2. The van der Waals surface area contributed by atoms with E-state index >= 15 is 0 Å². The summed E-state index contributed by atoms with van der Waals surface area (Å²) < 4.78 is 0. The van der Waals surface area contributed by atoms with Gasteiger partial charge >= 0.3 is 0 Å². The van der Waals surface area contributed by atoms with E-state index in [-0.39, 0.29) is 16.8 Å². The van der Waals surface area contributed by atoms with Gasteiger partial charge in [0.2, 0.25) is 0 Å². The molecule has 0 amide bonds. The van der Waals surface area contributed by atoms with Gasteiger partial charge in [-0.2, -0.15) is 0 Å². The number of hydrogen-bond donors (Lipinski definition) is 0. The van der Waals surface area contributed by atoms with Crippen LogP contribution in [0.2, 0.25) is 0 Å². The number of benzene rings is 2. The first kappa shape index (κ1) is 16.9. The highest BCUT2D eigenvalue weighted by Crippen LogP contribution is 2.30. The molecule has 2 aromatic rings. The maximum absolute atomic E-state index is 12.4. The molecular weight excluding hydrogens is 318 g/mol. The van der Waals surface area contributed by atoms with E-state index in [1.165, 1.54) is 17.0 Å². The van der Waals surface area contributed by atoms with Gasteiger partial charge in [0.15, 0.2) is 5.78 Å². The molecule has 2 aromatic carbocycles. The number of hydrogen-bond acceptors (Lipinski definition) is 7. The molecule has 0 unspecified atom stereocenters. The van der Waals surface area contributed by atoms with Crippen molar-refractivity contribution >= 4 is 22.8 Å². The van der Waals surface area contributed by atoms with Gasteiger partial charge in [-0.05, 0) is 17.9 Å². The average Bonchev–Trinajstić information content (AvgIpc) is 2.53. The van der Waals surface area contributed by atoms with E-state index in [1.54, 1.807) is 14.1 Å². The van der Waals surface area contributed by atoms with Crippen LogP contribution in [0, 0.1) is 20.2 Å². The lowest BCUT2D eigenvalue weighted by atomic mass is 10.0. The van der Waals surface area contributed by atoms with Crippen molar-refractivity contribution in [1.29, 1.82) is 0 Å². The van der Waals surface area contributed by atoms with Crippen molar-refractivity contribution in [2.45, 2.75) is 0 Å². The van der Waals surface area contributed by atoms with E-state index in [1.807, 2.05) is 0 Å². The summed E-state index contributed by atoms with van der Waals surface area (Å²) in [6.07, 6.45) is 0. The molecule has 0 aromatic heterocycles. The Kier molecular flexibility index (Phi) is 4.45. The van der Waals surface area contributed by atoms with Crippen molar-refractivity contribution < 1.29 is 19.7 Å². The fourth-order valence-electron chi connectivity index (χ4n) is 2.16. The third-order valence-electron chi connectivity index (χ3n) is 3.33. The third-order valence-corrected chi connectivity index (χ3v) is 3.33. The van der Waals surface area contributed by atoms with Crippen molar-refractivity contribution in [3.8, 4) is 5.75 Å². The van der Waals surface area contributed by atoms with E-state index in [0.29, 0.717) is 5.69 Å². The molecule has 0 aliphatic rings. The smallest absolute Gasteiger partial charge is 0.293 e. The number of nitro groups is 2. The number of carbonyl (C=O) groups excluding carboxylic acids is 1. The predicted octanol–water partition coefficient (Wildman–Crippen LogP) is 1.87. The summed E-state index contributed by atoms with van der Waals surface area (Å²) in [7, 11) is 3.25. The SMILES string of the molecule is CN(C)c1ccc(C(=O)c2ccc([O-])c([N+](=O)[O-])c2)cc1[N+](=O)[O-]. The van der Waals surface area contributed by atoms with E-state index in [4.69, 9.17) is 0 Å². The fraction of sp³-hybridized carbons (Fsp3) is 0.133. The number of nitrogens with zero attached hydrogens (tertiary/aromatic N) is 3. The maximum Gasteiger partial charge on any atom is 0.293 e. The molecule has 0 spiro atoms. The average molecular weight is 330 g/mol. The Bertz CT molecular complexity index is 847. The van der Waals surface area contributed by atoms with E-state index in [2.05, 4.69) is 0 Å². The highest BCUT2D eigenvalue weighted by molar-refractivity contribution is 6.10. The molecule has 0 saturated heterocycles. The standard InChI is InChI=1S/C15H13N3O6/c1-16(2)11-5-3-9(7-12(11)17(21)22)15(20)10-4-6-14(19)13(8-10)18(23)24/h3-8,19H,1-2H3/p-1. The molecule has 0 heterocycles. The summed E-state index contributed by atoms with van der Waals surface area (Å²) in [5.74, 6) is -1.46. The van der Waals surface area contributed by atoms with Gasteiger partial charge in [0.05, 0.1) is 9.85 Å². The Hall–Kier alpha value is -3.49. The lowest BCUT2D eigenvalue weighted by Crippen LogP contribution is -2.12. The Morgan fingerprint density at radius 1 is 0.917 bits per heavy atom. The molecule has 0 saturated carbocycles. The van der Waals surface area contributed by atoms with Gasteiger partial charge in [-0.25, -0.2) is 0 Å². The van der Waals surface area contributed by atoms with Gasteiger partial charge in [-0.3, -0.25) is 25.0 Å². The molecule has 0 N–H and O–H groups in total. The predicted molar refractivity (Wildman–Crippen MR) is 83.4 cm³/mol. The first-order valence-corrected chi connectivity index (χ1v) is 6.68. The number of carbonyl (C=O) groups is 1. The molecule has 2 rings (SSSR count). The molecular formula is C15H12N3O6-. The van der Waals surface area contributed by atoms with Crippen molar-refractivity contribution in [2.75, 3.05) is 19.0 Å². The minimum absolute atomic E-state index is 0.000229. The zero-order chi connectivity index (χ0) is 18.0. The van der Waals surface area contributed by atoms with Crippen LogP contribution in [0.25, 0.3) is 0 Å². The Morgan fingerprint density at radius 2 is 1.42 bits per heavy atom. The molecule has 0 fully saturated rings. The largest absolute Gasteiger partial charge is 0.868 e. The Labute approximate surface area is 136 Å². The molecule has 0 radical (unpaired) electrons. The van der Waals surface area contributed by atoms with Crippen LogP contribution in [-0.2, 0) is 0 Å². The van der Waals surface area contributed by atoms with Gasteiger partial charge in [0.25, 0.3) is 11.4 Å². The Balaban J connectivity index is 2.51. The van der Waals surface area contributed by atoms with Gasteiger partial charge in [-0.1, -0.05) is 12.1 Å². The lowest BCUT2D eigenvalue weighted by molar-refractivity contribution is -0.398. The Morgan fingerprint density at radius 3 is 1.92 bits per heavy atom. The summed E-state index contributed by atoms with van der Waals surface area (Å²) in [6.45, 7) is 0. The van der Waals surface area contributed by atoms with E-state index < -0.39 is 27.1 Å². The topological polar surface area (TPSA) is 130 Å². The summed E-state index contributed by atoms with van der Waals surface area (Å²) in [4.78, 5) is 34.4. The summed E-state index contributed by atoms with van der Waals surface area (Å²) in [6, 6.07) is 6.87. The van der Waals surface area contributed by atoms with Crippen LogP contribution < -0.4 is 10.0 Å². The van der Waals surface area contributed by atoms with Gasteiger partial charge in [0.1, 0.15) is 5.69 Å². The summed E-state index contributed by atoms with van der Waals surface area (Å²) in [5.41, 5.74) is -0.757. The van der Waals surface area contributed by atoms with Crippen LogP contribution in [0.4, 0.5) is 17.1 Å². The second-order valence-corrected chi connectivity index (χ2v) is 5.12. The van der Waals surface area contributed by atoms with Crippen LogP contribution >= 0.6 is 0 Å². The third kappa shape index (κ3) is 3.14. The molecule has 0 atom stereocenters. The summed E-state index contributed by atoms with van der Waals surface area (Å²) >= 11 is 0. The zero-order valence-electron chi connectivity index (χ0n) is 12.8. The van der Waals surface area contributed by atoms with Crippen molar-refractivity contribution in [3.63, 3.8) is 0 Å². The zero-order valence-corrected chi connectivity index (χ0v) is 12.8. The van der Waals surface area contributed by atoms with Crippen LogP contribution in [0.5, 0.6) is 5.75 Å². The number of ketones is 1. The maximum atomic E-state index is 12.4. The molecule has 9 nitrogen and oxygen atoms in total. The van der Waals surface area contributed by atoms with Gasteiger partial charge < -0.3 is 10.0 Å². The minimum atomic E-state index is -0.878. The number of rotatable bonds is 5. The summed E-state index contributed by atoms with van der Waals surface area (Å²) in [5, 5.41) is 33.3. The first-order chi connectivity index (χ1) is 11.2. The van der Waals surface area contributed by atoms with Crippen LogP contribution in [0.15, 0.2) is 36.4 Å². The second-order valence-electron chi connectivity index (χ2n) is 5.12. The van der Waals surface area contributed by atoms with E-state index in [0.717, 1.165) is 24.3 Å². The number of anilines is 1. The minimum Gasteiger partial charge on any atom is -0.868 e. The van der Waals surface area contributed by atoms with E-state index in [9.17, 15) is 30.1 Å². The second kappa shape index (κ2) is 6.32. The molecule has 124 valence electrons. The van der Waals surface area contributed by atoms with Gasteiger partial charge in [-0.15, -0.1) is 0 Å². The van der Waals surface area contributed by atoms with Crippen molar-refractivity contribution in [3.05, 3.63) is 67.8 Å². The van der Waals surface area contributed by atoms with Crippen LogP contribution in [0.1, 0.15) is 15.9 Å². The molecule has 0 aliphatic heterocycles. The highest BCUT2D eigenvalue weighted by atomic mass is 16.6. The lowest BCUT2D eigenvalue weighted by Gasteiger charge is -2.13. The molecule has 24 heavy (non-hydrogen) atoms. The molecule has 0 aliphatic carbocycles. The molecule has 0 bridgehead atoms. The van der Waals surface area contributed by atoms with Crippen molar-refractivity contribution in [1.82, 2.24) is 0 Å². The first-order valence-electron chi connectivity index (χ1n) is 6.68. The quantitative estimate of drug-likeness (QED) is 0.464. The monoisotopic (exact) mass is 330 g/mol. The highest BCUT2D eigenvalue weighted by Gasteiger charge is 2.20. The van der Waals surface area contributed by atoms with Crippen molar-refractivity contribution in [2.24, 2.45) is 0 Å². The fourth-order valence-corrected chi connectivity index (χ4v) is 2.16.